The lowest BCUT2D eigenvalue weighted by molar-refractivity contribution is -0.132. The molecular formula is C29H29ClN2O7. The van der Waals surface area contributed by atoms with Crippen LogP contribution >= 0.6 is 11.6 Å². The third kappa shape index (κ3) is 5.05. The topological polar surface area (TPSA) is 97.8 Å². The number of carbonyl (C=O) groups is 2. The van der Waals surface area contributed by atoms with Gasteiger partial charge in [-0.3, -0.25) is 14.5 Å². The maximum atomic E-state index is 13.6. The Labute approximate surface area is 231 Å². The van der Waals surface area contributed by atoms with E-state index in [2.05, 4.69) is 0 Å². The van der Waals surface area contributed by atoms with Crippen molar-refractivity contribution >= 4 is 40.4 Å². The normalized spacial score (nSPS) is 16.3. The Bertz CT molecular complexity index is 1430. The van der Waals surface area contributed by atoms with Crippen LogP contribution in [0.4, 0.5) is 11.4 Å². The summed E-state index contributed by atoms with van der Waals surface area (Å²) in [5.41, 5.74) is 1.89. The predicted molar refractivity (Wildman–Crippen MR) is 150 cm³/mol. The molecule has 1 unspecified atom stereocenters. The summed E-state index contributed by atoms with van der Waals surface area (Å²) in [5, 5.41) is 11.8. The van der Waals surface area contributed by atoms with E-state index < -0.39 is 23.5 Å². The summed E-state index contributed by atoms with van der Waals surface area (Å²) in [4.78, 5) is 30.4. The molecule has 0 spiro atoms. The summed E-state index contributed by atoms with van der Waals surface area (Å²) >= 11 is 6.36. The number of benzene rings is 3. The van der Waals surface area contributed by atoms with E-state index in [0.717, 1.165) is 5.69 Å². The van der Waals surface area contributed by atoms with E-state index in [0.29, 0.717) is 28.5 Å². The molecule has 3 aromatic carbocycles. The second-order valence-corrected chi connectivity index (χ2v) is 9.32. The molecule has 1 atom stereocenters. The Hall–Kier alpha value is -4.37. The lowest BCUT2D eigenvalue weighted by Crippen LogP contribution is -2.29. The minimum atomic E-state index is -0.983. The van der Waals surface area contributed by atoms with Crippen molar-refractivity contribution in [3.8, 4) is 23.0 Å². The lowest BCUT2D eigenvalue weighted by atomic mass is 9.94. The highest BCUT2D eigenvalue weighted by Gasteiger charge is 2.47. The Balaban J connectivity index is 2.00. The summed E-state index contributed by atoms with van der Waals surface area (Å²) in [5.74, 6) is -0.742. The molecule has 0 bridgehead atoms. The number of halogens is 1. The number of nitrogens with zero attached hydrogens (tertiary/aromatic N) is 2. The summed E-state index contributed by atoms with van der Waals surface area (Å²) in [6.45, 7) is 0. The molecule has 4 rings (SSSR count). The number of Topliss-reactive ketones (excluding diaryl/α,β-unsaturated/α-hetero) is 1. The lowest BCUT2D eigenvalue weighted by Gasteiger charge is -2.27. The van der Waals surface area contributed by atoms with Crippen molar-refractivity contribution in [2.45, 2.75) is 6.04 Å². The molecule has 1 fully saturated rings. The summed E-state index contributed by atoms with van der Waals surface area (Å²) in [6.07, 6.45) is 0. The highest BCUT2D eigenvalue weighted by Crippen LogP contribution is 2.46. The maximum Gasteiger partial charge on any atom is 0.300 e. The fourth-order valence-electron chi connectivity index (χ4n) is 4.49. The Morgan fingerprint density at radius 1 is 0.846 bits per heavy atom. The predicted octanol–water partition coefficient (Wildman–Crippen LogP) is 5.07. The van der Waals surface area contributed by atoms with Crippen molar-refractivity contribution in [1.29, 1.82) is 0 Å². The summed E-state index contributed by atoms with van der Waals surface area (Å²) < 4.78 is 21.5. The number of carbonyl (C=O) groups excluding carboxylic acids is 2. The van der Waals surface area contributed by atoms with Gasteiger partial charge in [-0.25, -0.2) is 0 Å². The van der Waals surface area contributed by atoms with Crippen LogP contribution in [0, 0.1) is 0 Å². The van der Waals surface area contributed by atoms with Crippen LogP contribution in [0.2, 0.25) is 5.02 Å². The van der Waals surface area contributed by atoms with Crippen molar-refractivity contribution in [2.75, 3.05) is 52.3 Å². The molecule has 1 N–H and O–H groups in total. The third-order valence-electron chi connectivity index (χ3n) is 6.51. The van der Waals surface area contributed by atoms with Gasteiger partial charge in [0.15, 0.2) is 0 Å². The number of hydrogen-bond donors (Lipinski definition) is 1. The number of hydrogen-bond acceptors (Lipinski definition) is 8. The number of aliphatic hydroxyl groups is 1. The molecule has 204 valence electrons. The quantitative estimate of drug-likeness (QED) is 0.235. The first-order valence-electron chi connectivity index (χ1n) is 11.9. The molecule has 10 heteroatoms. The van der Waals surface area contributed by atoms with E-state index in [4.69, 9.17) is 30.5 Å². The number of ketones is 1. The van der Waals surface area contributed by atoms with Crippen LogP contribution in [0.1, 0.15) is 17.2 Å². The van der Waals surface area contributed by atoms with Crippen molar-refractivity contribution < 1.29 is 33.6 Å². The van der Waals surface area contributed by atoms with Gasteiger partial charge in [0.1, 0.15) is 28.8 Å². The van der Waals surface area contributed by atoms with Crippen LogP contribution in [0.5, 0.6) is 23.0 Å². The van der Waals surface area contributed by atoms with Gasteiger partial charge in [-0.15, -0.1) is 0 Å². The second kappa shape index (κ2) is 11.2. The van der Waals surface area contributed by atoms with E-state index in [1.54, 1.807) is 18.2 Å². The van der Waals surface area contributed by atoms with Crippen LogP contribution in [0.15, 0.2) is 60.2 Å². The largest absolute Gasteiger partial charge is 0.507 e. The standard InChI is InChI=1S/C29H29ClN2O7/c1-31(2)17-9-7-16(8-10-17)26-25(27(33)21-14-22(30)24(39-6)15-23(21)38-5)28(34)29(35)32(26)18-11-19(36-3)13-20(12-18)37-4/h7-15,26,33H,1-6H3/b27-25+. The first-order chi connectivity index (χ1) is 18.6. The molecule has 1 aliphatic heterocycles. The van der Waals surface area contributed by atoms with Gasteiger partial charge in [-0.05, 0) is 23.8 Å². The highest BCUT2D eigenvalue weighted by molar-refractivity contribution is 6.51. The number of methoxy groups -OCH3 is 4. The molecule has 1 aliphatic rings. The fourth-order valence-corrected chi connectivity index (χ4v) is 4.73. The Kier molecular flexibility index (Phi) is 7.92. The average Bonchev–Trinajstić information content (AvgIpc) is 3.22. The molecule has 1 amide bonds. The molecule has 0 aromatic heterocycles. The SMILES string of the molecule is COc1cc(OC)cc(N2C(=O)C(=O)/C(=C(/O)c3cc(Cl)c(OC)cc3OC)C2c2ccc(N(C)C)cc2)c1. The highest BCUT2D eigenvalue weighted by atomic mass is 35.5. The van der Waals surface area contributed by atoms with Crippen molar-refractivity contribution in [3.05, 3.63) is 76.3 Å². The minimum absolute atomic E-state index is 0.126. The number of amides is 1. The first-order valence-corrected chi connectivity index (χ1v) is 12.3. The van der Waals surface area contributed by atoms with Gasteiger partial charge in [-0.2, -0.15) is 0 Å². The van der Waals surface area contributed by atoms with E-state index >= 15 is 0 Å². The van der Waals surface area contributed by atoms with Gasteiger partial charge in [0, 0.05) is 44.0 Å². The molecule has 1 heterocycles. The van der Waals surface area contributed by atoms with Gasteiger partial charge in [0.2, 0.25) is 0 Å². The summed E-state index contributed by atoms with van der Waals surface area (Å²) in [6, 6.07) is 14.2. The van der Waals surface area contributed by atoms with Crippen LogP contribution < -0.4 is 28.7 Å². The number of aliphatic hydroxyl groups excluding tert-OH is 1. The average molecular weight is 553 g/mol. The summed E-state index contributed by atoms with van der Waals surface area (Å²) in [7, 11) is 9.66. The van der Waals surface area contributed by atoms with Crippen molar-refractivity contribution in [1.82, 2.24) is 0 Å². The molecular weight excluding hydrogens is 524 g/mol. The van der Waals surface area contributed by atoms with Gasteiger partial charge >= 0.3 is 0 Å². The molecule has 0 aliphatic carbocycles. The fraction of sp³-hybridized carbons (Fsp3) is 0.241. The maximum absolute atomic E-state index is 13.6. The van der Waals surface area contributed by atoms with Gasteiger partial charge < -0.3 is 29.0 Å². The number of rotatable bonds is 8. The smallest absolute Gasteiger partial charge is 0.300 e. The van der Waals surface area contributed by atoms with Crippen molar-refractivity contribution in [3.63, 3.8) is 0 Å². The minimum Gasteiger partial charge on any atom is -0.507 e. The van der Waals surface area contributed by atoms with E-state index in [1.807, 2.05) is 43.3 Å². The Morgan fingerprint density at radius 3 is 1.95 bits per heavy atom. The molecule has 1 saturated heterocycles. The third-order valence-corrected chi connectivity index (χ3v) is 6.81. The zero-order chi connectivity index (χ0) is 28.4. The molecule has 0 saturated carbocycles. The zero-order valence-electron chi connectivity index (χ0n) is 22.4. The van der Waals surface area contributed by atoms with Gasteiger partial charge in [0.25, 0.3) is 11.7 Å². The van der Waals surface area contributed by atoms with E-state index in [-0.39, 0.29) is 21.9 Å². The molecule has 0 radical (unpaired) electrons. The van der Waals surface area contributed by atoms with Crippen LogP contribution in [-0.4, -0.2) is 59.3 Å². The van der Waals surface area contributed by atoms with Crippen LogP contribution in [0.25, 0.3) is 5.76 Å². The van der Waals surface area contributed by atoms with Crippen molar-refractivity contribution in [2.24, 2.45) is 0 Å². The van der Waals surface area contributed by atoms with Gasteiger partial charge in [-0.1, -0.05) is 23.7 Å². The molecule has 39 heavy (non-hydrogen) atoms. The molecule has 9 nitrogen and oxygen atoms in total. The zero-order valence-corrected chi connectivity index (χ0v) is 23.2. The number of ether oxygens (including phenoxy) is 4. The van der Waals surface area contributed by atoms with Crippen LogP contribution in [-0.2, 0) is 9.59 Å². The monoisotopic (exact) mass is 552 g/mol. The van der Waals surface area contributed by atoms with E-state index in [1.165, 1.54) is 45.5 Å². The molecule has 3 aromatic rings. The second-order valence-electron chi connectivity index (χ2n) is 8.91. The number of anilines is 2. The van der Waals surface area contributed by atoms with E-state index in [9.17, 15) is 14.7 Å². The van der Waals surface area contributed by atoms with Gasteiger partial charge in [0.05, 0.1) is 56.3 Å². The van der Waals surface area contributed by atoms with Crippen LogP contribution in [0.3, 0.4) is 0 Å². The Morgan fingerprint density at radius 2 is 1.44 bits per heavy atom. The first kappa shape index (κ1) is 27.7.